The molecule has 1 N–H and O–H groups in total. The summed E-state index contributed by atoms with van der Waals surface area (Å²) in [6.45, 7) is 1.93. The SMILES string of the molecule is C[C@@H](NC(=O)c1ccc(CN2C(=O)CCC2=O)cc1)c1ccccc1F. The number of nitrogens with one attached hydrogen (secondary N) is 1. The van der Waals surface area contributed by atoms with Gasteiger partial charge in [-0.3, -0.25) is 19.3 Å². The van der Waals surface area contributed by atoms with Gasteiger partial charge in [0, 0.05) is 24.0 Å². The van der Waals surface area contributed by atoms with E-state index in [0.29, 0.717) is 11.1 Å². The van der Waals surface area contributed by atoms with Crippen molar-refractivity contribution in [3.05, 3.63) is 71.0 Å². The van der Waals surface area contributed by atoms with Gasteiger partial charge in [-0.2, -0.15) is 0 Å². The Bertz CT molecular complexity index is 832. The van der Waals surface area contributed by atoms with E-state index in [0.717, 1.165) is 5.56 Å². The summed E-state index contributed by atoms with van der Waals surface area (Å²) in [6.07, 6.45) is 0.514. The van der Waals surface area contributed by atoms with E-state index in [-0.39, 0.29) is 42.9 Å². The van der Waals surface area contributed by atoms with E-state index >= 15 is 0 Å². The van der Waals surface area contributed by atoms with Crippen LogP contribution in [0, 0.1) is 5.82 Å². The van der Waals surface area contributed by atoms with Crippen LogP contribution in [0.1, 0.15) is 47.3 Å². The van der Waals surface area contributed by atoms with Crippen LogP contribution in [0.5, 0.6) is 0 Å². The van der Waals surface area contributed by atoms with Crippen LogP contribution in [0.2, 0.25) is 0 Å². The summed E-state index contributed by atoms with van der Waals surface area (Å²) < 4.78 is 13.8. The lowest BCUT2D eigenvalue weighted by molar-refractivity contribution is -0.139. The van der Waals surface area contributed by atoms with Crippen molar-refractivity contribution in [1.29, 1.82) is 0 Å². The number of rotatable bonds is 5. The number of nitrogens with zero attached hydrogens (tertiary/aromatic N) is 1. The normalized spacial score (nSPS) is 15.2. The van der Waals surface area contributed by atoms with E-state index in [1.807, 2.05) is 0 Å². The van der Waals surface area contributed by atoms with Gasteiger partial charge in [0.05, 0.1) is 12.6 Å². The molecule has 1 fully saturated rings. The molecule has 0 bridgehead atoms. The summed E-state index contributed by atoms with van der Waals surface area (Å²) in [5, 5.41) is 2.76. The number of hydrogen-bond acceptors (Lipinski definition) is 3. The molecule has 6 heteroatoms. The lowest BCUT2D eigenvalue weighted by Crippen LogP contribution is -2.28. The van der Waals surface area contributed by atoms with Gasteiger partial charge in [-0.1, -0.05) is 30.3 Å². The quantitative estimate of drug-likeness (QED) is 0.840. The second kappa shape index (κ2) is 7.47. The van der Waals surface area contributed by atoms with Crippen molar-refractivity contribution in [1.82, 2.24) is 10.2 Å². The average molecular weight is 354 g/mol. The van der Waals surface area contributed by atoms with Crippen LogP contribution >= 0.6 is 0 Å². The molecule has 0 aliphatic carbocycles. The standard InChI is InChI=1S/C20H19FN2O3/c1-13(16-4-2-3-5-17(16)21)22-20(26)15-8-6-14(7-9-15)12-23-18(24)10-11-19(23)25/h2-9,13H,10-12H2,1H3,(H,22,26)/t13-/m1/s1. The Hall–Kier alpha value is -3.02. The Morgan fingerprint density at radius 1 is 1.08 bits per heavy atom. The van der Waals surface area contributed by atoms with E-state index in [1.165, 1.54) is 11.0 Å². The van der Waals surface area contributed by atoms with Crippen molar-refractivity contribution in [2.24, 2.45) is 0 Å². The van der Waals surface area contributed by atoms with Crippen molar-refractivity contribution < 1.29 is 18.8 Å². The Morgan fingerprint density at radius 3 is 2.31 bits per heavy atom. The highest BCUT2D eigenvalue weighted by Crippen LogP contribution is 2.18. The number of amides is 3. The van der Waals surface area contributed by atoms with Gasteiger partial charge in [-0.15, -0.1) is 0 Å². The van der Waals surface area contributed by atoms with Crippen LogP contribution in [0.4, 0.5) is 4.39 Å². The number of carbonyl (C=O) groups is 3. The molecule has 1 aliphatic heterocycles. The molecule has 1 atom stereocenters. The van der Waals surface area contributed by atoms with Gasteiger partial charge in [-0.25, -0.2) is 4.39 Å². The Labute approximate surface area is 150 Å². The van der Waals surface area contributed by atoms with Crippen LogP contribution in [-0.4, -0.2) is 22.6 Å². The molecule has 5 nitrogen and oxygen atoms in total. The Balaban J connectivity index is 1.64. The van der Waals surface area contributed by atoms with Crippen LogP contribution in [0.3, 0.4) is 0 Å². The average Bonchev–Trinajstić information content (AvgIpc) is 2.94. The summed E-state index contributed by atoms with van der Waals surface area (Å²) in [7, 11) is 0. The molecule has 3 amide bonds. The minimum atomic E-state index is -0.469. The summed E-state index contributed by atoms with van der Waals surface area (Å²) in [6, 6.07) is 12.5. The van der Waals surface area contributed by atoms with Crippen molar-refractivity contribution in [3.8, 4) is 0 Å². The lowest BCUT2D eigenvalue weighted by Gasteiger charge is -2.16. The maximum absolute atomic E-state index is 13.8. The number of likely N-dealkylation sites (tertiary alicyclic amines) is 1. The smallest absolute Gasteiger partial charge is 0.251 e. The fourth-order valence-electron chi connectivity index (χ4n) is 2.93. The van der Waals surface area contributed by atoms with Crippen LogP contribution < -0.4 is 5.32 Å². The first-order valence-electron chi connectivity index (χ1n) is 8.43. The first-order chi connectivity index (χ1) is 12.5. The number of hydrogen-bond donors (Lipinski definition) is 1. The highest BCUT2D eigenvalue weighted by atomic mass is 19.1. The number of carbonyl (C=O) groups excluding carboxylic acids is 3. The summed E-state index contributed by atoms with van der Waals surface area (Å²) in [5.41, 5.74) is 1.62. The lowest BCUT2D eigenvalue weighted by atomic mass is 10.1. The van der Waals surface area contributed by atoms with Crippen LogP contribution in [-0.2, 0) is 16.1 Å². The van der Waals surface area contributed by atoms with E-state index in [2.05, 4.69) is 5.32 Å². The summed E-state index contributed by atoms with van der Waals surface area (Å²) in [5.74, 6) is -1.03. The van der Waals surface area contributed by atoms with Crippen LogP contribution in [0.15, 0.2) is 48.5 Å². The van der Waals surface area contributed by atoms with Crippen molar-refractivity contribution >= 4 is 17.7 Å². The van der Waals surface area contributed by atoms with E-state index in [9.17, 15) is 18.8 Å². The first-order valence-corrected chi connectivity index (χ1v) is 8.43. The van der Waals surface area contributed by atoms with Gasteiger partial charge in [0.15, 0.2) is 0 Å². The molecule has 0 saturated carbocycles. The largest absolute Gasteiger partial charge is 0.345 e. The zero-order valence-corrected chi connectivity index (χ0v) is 14.4. The molecule has 0 spiro atoms. The minimum absolute atomic E-state index is 0.171. The van der Waals surface area contributed by atoms with Gasteiger partial charge >= 0.3 is 0 Å². The Morgan fingerprint density at radius 2 is 1.69 bits per heavy atom. The van der Waals surface area contributed by atoms with Gasteiger partial charge in [0.2, 0.25) is 11.8 Å². The minimum Gasteiger partial charge on any atom is -0.345 e. The monoisotopic (exact) mass is 354 g/mol. The molecule has 1 heterocycles. The van der Waals surface area contributed by atoms with Gasteiger partial charge in [0.1, 0.15) is 5.82 Å². The van der Waals surface area contributed by atoms with Gasteiger partial charge < -0.3 is 5.32 Å². The summed E-state index contributed by atoms with van der Waals surface area (Å²) >= 11 is 0. The fraction of sp³-hybridized carbons (Fsp3) is 0.250. The molecule has 0 unspecified atom stereocenters. The third-order valence-corrected chi connectivity index (χ3v) is 4.43. The molecule has 2 aromatic rings. The molecule has 0 aromatic heterocycles. The van der Waals surface area contributed by atoms with Crippen LogP contribution in [0.25, 0.3) is 0 Å². The zero-order valence-electron chi connectivity index (χ0n) is 14.4. The molecule has 3 rings (SSSR count). The topological polar surface area (TPSA) is 66.5 Å². The highest BCUT2D eigenvalue weighted by Gasteiger charge is 2.28. The first kappa shape index (κ1) is 17.8. The molecule has 0 radical (unpaired) electrons. The third kappa shape index (κ3) is 3.79. The third-order valence-electron chi connectivity index (χ3n) is 4.43. The molecular weight excluding hydrogens is 335 g/mol. The molecule has 134 valence electrons. The molecule has 1 saturated heterocycles. The molecule has 1 aliphatic rings. The van der Waals surface area contributed by atoms with E-state index in [1.54, 1.807) is 49.4 Å². The van der Waals surface area contributed by atoms with E-state index in [4.69, 9.17) is 0 Å². The predicted molar refractivity (Wildman–Crippen MR) is 93.5 cm³/mol. The summed E-state index contributed by atoms with van der Waals surface area (Å²) in [4.78, 5) is 36.9. The van der Waals surface area contributed by atoms with Gasteiger partial charge in [-0.05, 0) is 30.7 Å². The van der Waals surface area contributed by atoms with Crippen molar-refractivity contribution in [2.45, 2.75) is 32.4 Å². The van der Waals surface area contributed by atoms with Gasteiger partial charge in [0.25, 0.3) is 5.91 Å². The number of halogens is 1. The molecular formula is C20H19FN2O3. The maximum Gasteiger partial charge on any atom is 0.251 e. The second-order valence-electron chi connectivity index (χ2n) is 6.29. The second-order valence-corrected chi connectivity index (χ2v) is 6.29. The molecule has 26 heavy (non-hydrogen) atoms. The Kier molecular flexibility index (Phi) is 5.11. The zero-order chi connectivity index (χ0) is 18.7. The maximum atomic E-state index is 13.8. The fourth-order valence-corrected chi connectivity index (χ4v) is 2.93. The number of imide groups is 1. The highest BCUT2D eigenvalue weighted by molar-refractivity contribution is 6.01. The van der Waals surface area contributed by atoms with Crippen molar-refractivity contribution in [3.63, 3.8) is 0 Å². The number of benzene rings is 2. The predicted octanol–water partition coefficient (Wildman–Crippen LogP) is 2.97. The molecule has 2 aromatic carbocycles. The van der Waals surface area contributed by atoms with Crippen molar-refractivity contribution in [2.75, 3.05) is 0 Å². The van der Waals surface area contributed by atoms with E-state index < -0.39 is 6.04 Å².